The van der Waals surface area contributed by atoms with Gasteiger partial charge in [-0.1, -0.05) is 6.58 Å². The summed E-state index contributed by atoms with van der Waals surface area (Å²) in [5.74, 6) is 1.19. The fourth-order valence-corrected chi connectivity index (χ4v) is 1.30. The number of likely N-dealkylation sites (tertiary alicyclic amines) is 1. The van der Waals surface area contributed by atoms with Gasteiger partial charge in [-0.25, -0.2) is 0 Å². The van der Waals surface area contributed by atoms with Crippen molar-refractivity contribution in [2.24, 2.45) is 4.99 Å². The van der Waals surface area contributed by atoms with Gasteiger partial charge in [-0.15, -0.1) is 0 Å². The highest BCUT2D eigenvalue weighted by molar-refractivity contribution is 5.85. The molecule has 0 amide bonds. The van der Waals surface area contributed by atoms with E-state index in [-0.39, 0.29) is 0 Å². The molecule has 0 bridgehead atoms. The van der Waals surface area contributed by atoms with Crippen LogP contribution in [0.4, 0.5) is 0 Å². The smallest absolute Gasteiger partial charge is 0.103 e. The zero-order valence-corrected chi connectivity index (χ0v) is 6.72. The number of hydrogen-bond donors (Lipinski definition) is 0. The Hall–Kier alpha value is -0.790. The van der Waals surface area contributed by atoms with E-state index in [2.05, 4.69) is 16.5 Å². The molecule has 1 rings (SSSR count). The summed E-state index contributed by atoms with van der Waals surface area (Å²) in [6.07, 6.45) is 2.34. The SMILES string of the molecule is C=C(C)N1CCCC1=NC. The quantitative estimate of drug-likeness (QED) is 0.538. The van der Waals surface area contributed by atoms with Crippen LogP contribution in [0.2, 0.25) is 0 Å². The average Bonchev–Trinajstić information content (AvgIpc) is 2.33. The van der Waals surface area contributed by atoms with Crippen LogP contribution in [0.15, 0.2) is 17.3 Å². The Kier molecular flexibility index (Phi) is 2.10. The number of nitrogens with zero attached hydrogens (tertiary/aromatic N) is 2. The topological polar surface area (TPSA) is 15.6 Å². The van der Waals surface area contributed by atoms with E-state index in [0.717, 1.165) is 18.7 Å². The second-order valence-electron chi connectivity index (χ2n) is 2.63. The third kappa shape index (κ3) is 1.20. The molecule has 56 valence electrons. The van der Waals surface area contributed by atoms with Gasteiger partial charge in [0.05, 0.1) is 0 Å². The molecule has 0 aromatic heterocycles. The highest BCUT2D eigenvalue weighted by Gasteiger charge is 2.17. The van der Waals surface area contributed by atoms with Crippen LogP contribution in [0.25, 0.3) is 0 Å². The second kappa shape index (κ2) is 2.86. The van der Waals surface area contributed by atoms with Gasteiger partial charge in [-0.05, 0) is 13.3 Å². The van der Waals surface area contributed by atoms with E-state index >= 15 is 0 Å². The summed E-state index contributed by atoms with van der Waals surface area (Å²) in [5, 5.41) is 0. The first-order valence-corrected chi connectivity index (χ1v) is 3.64. The predicted octanol–water partition coefficient (Wildman–Crippen LogP) is 1.64. The van der Waals surface area contributed by atoms with Gasteiger partial charge in [0, 0.05) is 25.7 Å². The highest BCUT2D eigenvalue weighted by atomic mass is 15.2. The van der Waals surface area contributed by atoms with E-state index in [4.69, 9.17) is 0 Å². The Morgan fingerprint density at radius 2 is 2.40 bits per heavy atom. The molecule has 2 nitrogen and oxygen atoms in total. The van der Waals surface area contributed by atoms with Crippen LogP contribution in [0.5, 0.6) is 0 Å². The molecule has 1 aliphatic rings. The van der Waals surface area contributed by atoms with Crippen molar-refractivity contribution in [3.63, 3.8) is 0 Å². The van der Waals surface area contributed by atoms with Crippen molar-refractivity contribution in [2.75, 3.05) is 13.6 Å². The average molecular weight is 138 g/mol. The number of aliphatic imine (C=N–C) groups is 1. The summed E-state index contributed by atoms with van der Waals surface area (Å²) in [5.41, 5.74) is 1.11. The van der Waals surface area contributed by atoms with Gasteiger partial charge >= 0.3 is 0 Å². The molecule has 1 heterocycles. The van der Waals surface area contributed by atoms with Crippen molar-refractivity contribution in [2.45, 2.75) is 19.8 Å². The lowest BCUT2D eigenvalue weighted by Gasteiger charge is -2.17. The maximum Gasteiger partial charge on any atom is 0.103 e. The van der Waals surface area contributed by atoms with Crippen molar-refractivity contribution < 1.29 is 0 Å². The zero-order valence-electron chi connectivity index (χ0n) is 6.72. The first-order valence-electron chi connectivity index (χ1n) is 3.64. The van der Waals surface area contributed by atoms with Crippen LogP contribution in [0.1, 0.15) is 19.8 Å². The van der Waals surface area contributed by atoms with E-state index < -0.39 is 0 Å². The summed E-state index contributed by atoms with van der Waals surface area (Å²) in [6, 6.07) is 0. The maximum absolute atomic E-state index is 4.17. The number of hydrogen-bond acceptors (Lipinski definition) is 1. The number of amidine groups is 1. The van der Waals surface area contributed by atoms with Crippen LogP contribution in [0, 0.1) is 0 Å². The summed E-state index contributed by atoms with van der Waals surface area (Å²) >= 11 is 0. The van der Waals surface area contributed by atoms with Crippen LogP contribution >= 0.6 is 0 Å². The first kappa shape index (κ1) is 7.32. The minimum absolute atomic E-state index is 1.10. The predicted molar refractivity (Wildman–Crippen MR) is 44.1 cm³/mol. The number of allylic oxidation sites excluding steroid dienone is 1. The molecule has 0 aliphatic carbocycles. The van der Waals surface area contributed by atoms with E-state index in [1.54, 1.807) is 0 Å². The van der Waals surface area contributed by atoms with Crippen molar-refractivity contribution in [1.29, 1.82) is 0 Å². The lowest BCUT2D eigenvalue weighted by atomic mass is 10.4. The summed E-state index contributed by atoms with van der Waals surface area (Å²) in [4.78, 5) is 6.35. The molecule has 0 spiro atoms. The molecule has 1 saturated heterocycles. The summed E-state index contributed by atoms with van der Waals surface area (Å²) in [7, 11) is 1.84. The lowest BCUT2D eigenvalue weighted by molar-refractivity contribution is 0.558. The Balaban J connectivity index is 2.68. The third-order valence-electron chi connectivity index (χ3n) is 1.81. The van der Waals surface area contributed by atoms with Crippen molar-refractivity contribution in [3.8, 4) is 0 Å². The molecular formula is C8H14N2. The lowest BCUT2D eigenvalue weighted by Crippen LogP contribution is -2.21. The molecule has 0 radical (unpaired) electrons. The Labute approximate surface area is 62.3 Å². The van der Waals surface area contributed by atoms with Gasteiger partial charge in [-0.3, -0.25) is 4.99 Å². The summed E-state index contributed by atoms with van der Waals surface area (Å²) < 4.78 is 0. The normalized spacial score (nSPS) is 22.2. The first-order chi connectivity index (χ1) is 4.75. The van der Waals surface area contributed by atoms with Gasteiger partial charge in [0.25, 0.3) is 0 Å². The third-order valence-corrected chi connectivity index (χ3v) is 1.81. The van der Waals surface area contributed by atoms with Crippen molar-refractivity contribution in [1.82, 2.24) is 4.90 Å². The van der Waals surface area contributed by atoms with Crippen LogP contribution < -0.4 is 0 Å². The minimum Gasteiger partial charge on any atom is -0.335 e. The zero-order chi connectivity index (χ0) is 7.56. The fourth-order valence-electron chi connectivity index (χ4n) is 1.30. The molecule has 0 aromatic rings. The molecule has 2 heteroatoms. The van der Waals surface area contributed by atoms with E-state index in [1.807, 2.05) is 14.0 Å². The fraction of sp³-hybridized carbons (Fsp3) is 0.625. The molecule has 0 N–H and O–H groups in total. The second-order valence-corrected chi connectivity index (χ2v) is 2.63. The molecule has 10 heavy (non-hydrogen) atoms. The Bertz CT molecular complexity index is 170. The maximum atomic E-state index is 4.17. The molecule has 0 unspecified atom stereocenters. The van der Waals surface area contributed by atoms with Crippen molar-refractivity contribution >= 4 is 5.84 Å². The van der Waals surface area contributed by atoms with Gasteiger partial charge < -0.3 is 4.90 Å². The van der Waals surface area contributed by atoms with E-state index in [0.29, 0.717) is 0 Å². The van der Waals surface area contributed by atoms with Crippen LogP contribution in [-0.2, 0) is 0 Å². The molecule has 0 atom stereocenters. The van der Waals surface area contributed by atoms with E-state index in [1.165, 1.54) is 12.3 Å². The Morgan fingerprint density at radius 3 is 2.80 bits per heavy atom. The van der Waals surface area contributed by atoms with Gasteiger partial charge in [0.15, 0.2) is 0 Å². The van der Waals surface area contributed by atoms with Crippen LogP contribution in [0.3, 0.4) is 0 Å². The molecule has 1 fully saturated rings. The molecule has 1 aliphatic heterocycles. The van der Waals surface area contributed by atoms with Crippen LogP contribution in [-0.4, -0.2) is 24.3 Å². The Morgan fingerprint density at radius 1 is 1.70 bits per heavy atom. The largest absolute Gasteiger partial charge is 0.335 e. The summed E-state index contributed by atoms with van der Waals surface area (Å²) in [6.45, 7) is 7.00. The molecule has 0 saturated carbocycles. The van der Waals surface area contributed by atoms with Crippen molar-refractivity contribution in [3.05, 3.63) is 12.3 Å². The molecular weight excluding hydrogens is 124 g/mol. The van der Waals surface area contributed by atoms with Gasteiger partial charge in [-0.2, -0.15) is 0 Å². The monoisotopic (exact) mass is 138 g/mol. The minimum atomic E-state index is 1.10. The van der Waals surface area contributed by atoms with Gasteiger partial charge in [0.1, 0.15) is 5.84 Å². The standard InChI is InChI=1S/C8H14N2/c1-7(2)10-6-4-5-8(10)9-3/h1,4-6H2,2-3H3. The highest BCUT2D eigenvalue weighted by Crippen LogP contribution is 2.15. The van der Waals surface area contributed by atoms with E-state index in [9.17, 15) is 0 Å². The number of rotatable bonds is 1. The molecule has 0 aromatic carbocycles. The van der Waals surface area contributed by atoms with Gasteiger partial charge in [0.2, 0.25) is 0 Å².